The largest absolute Gasteiger partial charge is 0.481 e. The Kier molecular flexibility index (Phi) is 7.59. The molecule has 0 saturated heterocycles. The van der Waals surface area contributed by atoms with E-state index in [4.69, 9.17) is 0 Å². The Morgan fingerprint density at radius 2 is 1.59 bits per heavy atom. The summed E-state index contributed by atoms with van der Waals surface area (Å²) in [4.78, 5) is 23.8. The number of hydrogen-bond donors (Lipinski definition) is 2. The highest BCUT2D eigenvalue weighted by Gasteiger charge is 2.32. The maximum absolute atomic E-state index is 12.1. The average molecular weight is 367 g/mol. The molecular weight excluding hydrogens is 338 g/mol. The monoisotopic (exact) mass is 367 g/mol. The molecule has 0 heterocycles. The molecule has 0 fully saturated rings. The topological polar surface area (TPSA) is 66.4 Å². The molecule has 1 atom stereocenters. The van der Waals surface area contributed by atoms with Gasteiger partial charge in [0.25, 0.3) is 0 Å². The second-order valence-electron chi connectivity index (χ2n) is 7.40. The highest BCUT2D eigenvalue weighted by molar-refractivity contribution is 5.78. The third-order valence-electron chi connectivity index (χ3n) is 4.91. The van der Waals surface area contributed by atoms with E-state index in [0.29, 0.717) is 25.8 Å². The fourth-order valence-electron chi connectivity index (χ4n) is 3.11. The lowest BCUT2D eigenvalue weighted by atomic mass is 9.79. The Balaban J connectivity index is 1.90. The molecule has 0 saturated carbocycles. The Morgan fingerprint density at radius 1 is 0.963 bits per heavy atom. The molecule has 0 spiro atoms. The molecular formula is C23H29NO3. The first-order valence-corrected chi connectivity index (χ1v) is 9.55. The van der Waals surface area contributed by atoms with Crippen LogP contribution in [0.15, 0.2) is 54.6 Å². The summed E-state index contributed by atoms with van der Waals surface area (Å²) < 4.78 is 0. The quantitative estimate of drug-likeness (QED) is 0.655. The summed E-state index contributed by atoms with van der Waals surface area (Å²) in [5, 5.41) is 12.5. The molecule has 4 heteroatoms. The van der Waals surface area contributed by atoms with Crippen molar-refractivity contribution < 1.29 is 14.7 Å². The van der Waals surface area contributed by atoms with Crippen LogP contribution in [0.3, 0.4) is 0 Å². The van der Waals surface area contributed by atoms with Crippen LogP contribution in [0, 0.1) is 5.41 Å². The van der Waals surface area contributed by atoms with E-state index in [-0.39, 0.29) is 5.91 Å². The number of carbonyl (C=O) groups is 2. The SMILES string of the molecule is CCCCC(C)(Cc1ccc(CC(=O)NCc2ccccc2)cc1)C(=O)O. The van der Waals surface area contributed by atoms with Gasteiger partial charge in [-0.15, -0.1) is 0 Å². The van der Waals surface area contributed by atoms with Crippen molar-refractivity contribution in [2.24, 2.45) is 5.41 Å². The van der Waals surface area contributed by atoms with Gasteiger partial charge in [0.2, 0.25) is 5.91 Å². The van der Waals surface area contributed by atoms with Crippen molar-refractivity contribution in [1.29, 1.82) is 0 Å². The Morgan fingerprint density at radius 3 is 2.19 bits per heavy atom. The average Bonchev–Trinajstić information content (AvgIpc) is 2.67. The first-order chi connectivity index (χ1) is 12.9. The second-order valence-corrected chi connectivity index (χ2v) is 7.40. The van der Waals surface area contributed by atoms with Crippen molar-refractivity contribution >= 4 is 11.9 Å². The van der Waals surface area contributed by atoms with Gasteiger partial charge in [0, 0.05) is 6.54 Å². The molecule has 1 unspecified atom stereocenters. The van der Waals surface area contributed by atoms with Crippen LogP contribution in [0.25, 0.3) is 0 Å². The third kappa shape index (κ3) is 6.55. The first kappa shape index (κ1) is 20.7. The van der Waals surface area contributed by atoms with Crippen molar-refractivity contribution in [2.45, 2.75) is 52.5 Å². The maximum Gasteiger partial charge on any atom is 0.309 e. The van der Waals surface area contributed by atoms with Gasteiger partial charge in [-0.1, -0.05) is 74.4 Å². The second kappa shape index (κ2) is 9.91. The zero-order chi connectivity index (χ0) is 19.7. The van der Waals surface area contributed by atoms with Crippen LogP contribution in [0.5, 0.6) is 0 Å². The molecule has 0 bridgehead atoms. The van der Waals surface area contributed by atoms with Crippen LogP contribution < -0.4 is 5.32 Å². The van der Waals surface area contributed by atoms with E-state index in [2.05, 4.69) is 12.2 Å². The van der Waals surface area contributed by atoms with E-state index >= 15 is 0 Å². The number of aliphatic carboxylic acids is 1. The smallest absolute Gasteiger partial charge is 0.309 e. The zero-order valence-electron chi connectivity index (χ0n) is 16.2. The third-order valence-corrected chi connectivity index (χ3v) is 4.91. The summed E-state index contributed by atoms with van der Waals surface area (Å²) in [6, 6.07) is 17.5. The Bertz CT molecular complexity index is 740. The predicted octanol–water partition coefficient (Wildman–Crippen LogP) is 4.37. The summed E-state index contributed by atoms with van der Waals surface area (Å²) in [6.07, 6.45) is 3.38. The van der Waals surface area contributed by atoms with Gasteiger partial charge in [-0.3, -0.25) is 9.59 Å². The van der Waals surface area contributed by atoms with Crippen molar-refractivity contribution in [2.75, 3.05) is 0 Å². The Labute approximate surface area is 161 Å². The minimum absolute atomic E-state index is 0.0232. The summed E-state index contributed by atoms with van der Waals surface area (Å²) >= 11 is 0. The molecule has 2 aromatic rings. The predicted molar refractivity (Wildman–Crippen MR) is 107 cm³/mol. The molecule has 27 heavy (non-hydrogen) atoms. The van der Waals surface area contributed by atoms with Crippen molar-refractivity contribution in [3.8, 4) is 0 Å². The molecule has 2 rings (SSSR count). The summed E-state index contributed by atoms with van der Waals surface area (Å²) in [6.45, 7) is 4.40. The number of carbonyl (C=O) groups excluding carboxylic acids is 1. The van der Waals surface area contributed by atoms with E-state index in [1.165, 1.54) is 0 Å². The van der Waals surface area contributed by atoms with Gasteiger partial charge in [0.05, 0.1) is 11.8 Å². The molecule has 144 valence electrons. The number of carboxylic acid groups (broad SMARTS) is 1. The molecule has 2 N–H and O–H groups in total. The number of hydrogen-bond acceptors (Lipinski definition) is 2. The maximum atomic E-state index is 12.1. The van der Waals surface area contributed by atoms with Crippen molar-refractivity contribution in [3.05, 3.63) is 71.3 Å². The number of nitrogens with one attached hydrogen (secondary N) is 1. The van der Waals surface area contributed by atoms with Gasteiger partial charge in [-0.2, -0.15) is 0 Å². The molecule has 2 aromatic carbocycles. The highest BCUT2D eigenvalue weighted by atomic mass is 16.4. The van der Waals surface area contributed by atoms with Crippen molar-refractivity contribution in [3.63, 3.8) is 0 Å². The van der Waals surface area contributed by atoms with Crippen LogP contribution in [-0.2, 0) is 29.0 Å². The zero-order valence-corrected chi connectivity index (χ0v) is 16.2. The van der Waals surface area contributed by atoms with Crippen LogP contribution in [0.2, 0.25) is 0 Å². The first-order valence-electron chi connectivity index (χ1n) is 9.55. The Hall–Kier alpha value is -2.62. The lowest BCUT2D eigenvalue weighted by Crippen LogP contribution is -2.30. The van der Waals surface area contributed by atoms with E-state index in [1.807, 2.05) is 61.5 Å². The van der Waals surface area contributed by atoms with Gasteiger partial charge < -0.3 is 10.4 Å². The van der Waals surface area contributed by atoms with Crippen LogP contribution >= 0.6 is 0 Å². The van der Waals surface area contributed by atoms with Crippen LogP contribution in [0.1, 0.15) is 49.8 Å². The van der Waals surface area contributed by atoms with Crippen molar-refractivity contribution in [1.82, 2.24) is 5.32 Å². The summed E-state index contributed by atoms with van der Waals surface area (Å²) in [5.41, 5.74) is 2.24. The van der Waals surface area contributed by atoms with E-state index < -0.39 is 11.4 Å². The number of amides is 1. The minimum Gasteiger partial charge on any atom is -0.481 e. The lowest BCUT2D eigenvalue weighted by Gasteiger charge is -2.24. The summed E-state index contributed by atoms with van der Waals surface area (Å²) in [5.74, 6) is -0.773. The van der Waals surface area contributed by atoms with Crippen LogP contribution in [0.4, 0.5) is 0 Å². The fourth-order valence-corrected chi connectivity index (χ4v) is 3.11. The van der Waals surface area contributed by atoms with Gasteiger partial charge in [-0.05, 0) is 36.5 Å². The normalized spacial score (nSPS) is 13.0. The number of benzene rings is 2. The lowest BCUT2D eigenvalue weighted by molar-refractivity contribution is -0.148. The highest BCUT2D eigenvalue weighted by Crippen LogP contribution is 2.29. The molecule has 0 aromatic heterocycles. The standard InChI is InChI=1S/C23H29NO3/c1-3-4-14-23(2,22(26)27)16-19-12-10-18(11-13-19)15-21(25)24-17-20-8-6-5-7-9-20/h5-13H,3-4,14-17H2,1-2H3,(H,24,25)(H,26,27). The van der Waals surface area contributed by atoms with E-state index in [0.717, 1.165) is 29.5 Å². The summed E-state index contributed by atoms with van der Waals surface area (Å²) in [7, 11) is 0. The van der Waals surface area contributed by atoms with Gasteiger partial charge >= 0.3 is 5.97 Å². The minimum atomic E-state index is -0.750. The molecule has 4 nitrogen and oxygen atoms in total. The van der Waals surface area contributed by atoms with Gasteiger partial charge in [0.15, 0.2) is 0 Å². The van der Waals surface area contributed by atoms with E-state index in [1.54, 1.807) is 0 Å². The van der Waals surface area contributed by atoms with Gasteiger partial charge in [0.1, 0.15) is 0 Å². The number of rotatable bonds is 10. The molecule has 0 aliphatic carbocycles. The molecule has 1 amide bonds. The number of carboxylic acids is 1. The molecule has 0 radical (unpaired) electrons. The molecule has 0 aliphatic rings. The van der Waals surface area contributed by atoms with Gasteiger partial charge in [-0.25, -0.2) is 0 Å². The van der Waals surface area contributed by atoms with E-state index in [9.17, 15) is 14.7 Å². The fraction of sp³-hybridized carbons (Fsp3) is 0.391. The van der Waals surface area contributed by atoms with Crippen LogP contribution in [-0.4, -0.2) is 17.0 Å². The number of unbranched alkanes of at least 4 members (excludes halogenated alkanes) is 1. The molecule has 0 aliphatic heterocycles.